The van der Waals surface area contributed by atoms with Gasteiger partial charge in [-0.3, -0.25) is 0 Å². The number of fused-ring (bicyclic) bond motifs is 1. The van der Waals surface area contributed by atoms with Crippen molar-refractivity contribution in [2.24, 2.45) is 7.05 Å². The number of aromatic nitrogens is 2. The molecule has 0 amide bonds. The average Bonchev–Trinajstić information content (AvgIpc) is 2.68. The molecule has 2 nitrogen and oxygen atoms in total. The predicted molar refractivity (Wildman–Crippen MR) is 75.8 cm³/mol. The molecule has 0 saturated heterocycles. The van der Waals surface area contributed by atoms with Crippen LogP contribution < -0.4 is 0 Å². The lowest BCUT2D eigenvalue weighted by atomic mass is 9.91. The van der Waals surface area contributed by atoms with Gasteiger partial charge >= 0.3 is 0 Å². The molecule has 1 unspecified atom stereocenters. The molecule has 1 atom stereocenters. The van der Waals surface area contributed by atoms with Gasteiger partial charge < -0.3 is 4.57 Å². The van der Waals surface area contributed by atoms with Crippen molar-refractivity contribution < 1.29 is 0 Å². The van der Waals surface area contributed by atoms with Crippen molar-refractivity contribution in [2.45, 2.75) is 26.2 Å². The van der Waals surface area contributed by atoms with Crippen LogP contribution in [0.1, 0.15) is 29.3 Å². The van der Waals surface area contributed by atoms with Crippen LogP contribution in [0.2, 0.25) is 0 Å². The first-order chi connectivity index (χ1) is 8.66. The summed E-state index contributed by atoms with van der Waals surface area (Å²) in [5.74, 6) is 1.58. The Morgan fingerprint density at radius 3 is 2.78 bits per heavy atom. The summed E-state index contributed by atoms with van der Waals surface area (Å²) in [5, 5.41) is 0. The third-order valence-corrected chi connectivity index (χ3v) is 3.83. The summed E-state index contributed by atoms with van der Waals surface area (Å²) >= 11 is 0. The summed E-state index contributed by atoms with van der Waals surface area (Å²) in [6.07, 6.45) is 9.87. The Bertz CT molecular complexity index is 659. The fourth-order valence-electron chi connectivity index (χ4n) is 2.64. The van der Waals surface area contributed by atoms with Crippen LogP contribution in [0.25, 0.3) is 11.0 Å². The molecular weight excluding hydrogens is 220 g/mol. The van der Waals surface area contributed by atoms with Crippen molar-refractivity contribution >= 4 is 11.0 Å². The Hall–Kier alpha value is -1.83. The molecule has 1 aromatic heterocycles. The van der Waals surface area contributed by atoms with Crippen LogP contribution in [0, 0.1) is 13.8 Å². The first kappa shape index (κ1) is 11.3. The van der Waals surface area contributed by atoms with Crippen LogP contribution in [-0.2, 0) is 7.05 Å². The number of nitrogens with zero attached hydrogens (tertiary/aromatic N) is 2. The number of rotatable bonds is 1. The predicted octanol–water partition coefficient (Wildman–Crippen LogP) is 3.79. The third-order valence-electron chi connectivity index (χ3n) is 3.83. The van der Waals surface area contributed by atoms with Gasteiger partial charge in [0.2, 0.25) is 0 Å². The molecule has 0 fully saturated rings. The van der Waals surface area contributed by atoms with E-state index in [1.165, 1.54) is 16.6 Å². The lowest BCUT2D eigenvalue weighted by molar-refractivity contribution is 0.849. The smallest absolute Gasteiger partial charge is 0.106 e. The number of allylic oxidation sites excluding steroid dienone is 4. The van der Waals surface area contributed by atoms with Gasteiger partial charge in [-0.2, -0.15) is 0 Å². The van der Waals surface area contributed by atoms with Gasteiger partial charge in [-0.25, -0.2) is 4.98 Å². The van der Waals surface area contributed by atoms with E-state index >= 15 is 0 Å². The molecular formula is C16H18N2. The maximum Gasteiger partial charge on any atom is 0.106 e. The van der Waals surface area contributed by atoms with Gasteiger partial charge in [0, 0.05) is 13.0 Å². The Morgan fingerprint density at radius 2 is 2.06 bits per heavy atom. The van der Waals surface area contributed by atoms with E-state index in [2.05, 4.69) is 66.9 Å². The topological polar surface area (TPSA) is 17.8 Å². The Labute approximate surface area is 108 Å². The normalized spacial score (nSPS) is 18.7. The van der Waals surface area contributed by atoms with E-state index in [0.717, 1.165) is 17.8 Å². The fraction of sp³-hybridized carbons (Fsp3) is 0.312. The highest BCUT2D eigenvalue weighted by Gasteiger charge is 2.13. The highest BCUT2D eigenvalue weighted by atomic mass is 15.0. The molecule has 1 aromatic carbocycles. The minimum Gasteiger partial charge on any atom is -0.331 e. The minimum absolute atomic E-state index is 0.508. The van der Waals surface area contributed by atoms with Crippen molar-refractivity contribution in [3.63, 3.8) is 0 Å². The maximum atomic E-state index is 4.63. The minimum atomic E-state index is 0.508. The summed E-state index contributed by atoms with van der Waals surface area (Å²) in [5.41, 5.74) is 5.04. The zero-order valence-electron chi connectivity index (χ0n) is 11.1. The van der Waals surface area contributed by atoms with E-state index in [1.54, 1.807) is 0 Å². The second-order valence-electron chi connectivity index (χ2n) is 5.08. The molecule has 1 heterocycles. The lowest BCUT2D eigenvalue weighted by Gasteiger charge is -2.14. The van der Waals surface area contributed by atoms with E-state index in [1.807, 2.05) is 0 Å². The van der Waals surface area contributed by atoms with E-state index in [9.17, 15) is 0 Å². The Kier molecular flexibility index (Phi) is 2.58. The van der Waals surface area contributed by atoms with Gasteiger partial charge in [0.25, 0.3) is 0 Å². The molecule has 18 heavy (non-hydrogen) atoms. The highest BCUT2D eigenvalue weighted by Crippen LogP contribution is 2.29. The first-order valence-corrected chi connectivity index (χ1v) is 6.43. The molecule has 1 aliphatic rings. The first-order valence-electron chi connectivity index (χ1n) is 6.43. The highest BCUT2D eigenvalue weighted by molar-refractivity contribution is 5.80. The van der Waals surface area contributed by atoms with Gasteiger partial charge in [0.05, 0.1) is 11.0 Å². The van der Waals surface area contributed by atoms with Crippen LogP contribution in [0.5, 0.6) is 0 Å². The van der Waals surface area contributed by atoms with Gasteiger partial charge in [-0.05, 0) is 37.5 Å². The quantitative estimate of drug-likeness (QED) is 0.739. The molecule has 2 aromatic rings. The lowest BCUT2D eigenvalue weighted by Crippen LogP contribution is -1.98. The molecule has 0 saturated carbocycles. The molecule has 0 aliphatic heterocycles. The third kappa shape index (κ3) is 1.69. The van der Waals surface area contributed by atoms with Crippen LogP contribution in [-0.4, -0.2) is 9.55 Å². The summed E-state index contributed by atoms with van der Waals surface area (Å²) in [6, 6.07) is 4.57. The second-order valence-corrected chi connectivity index (χ2v) is 5.08. The number of imidazole rings is 1. The van der Waals surface area contributed by atoms with E-state index < -0.39 is 0 Å². The zero-order chi connectivity index (χ0) is 12.7. The van der Waals surface area contributed by atoms with Crippen LogP contribution >= 0.6 is 0 Å². The van der Waals surface area contributed by atoms with Crippen molar-refractivity contribution in [3.8, 4) is 0 Å². The largest absolute Gasteiger partial charge is 0.331 e. The average molecular weight is 238 g/mol. The van der Waals surface area contributed by atoms with E-state index in [0.29, 0.717) is 5.92 Å². The molecule has 92 valence electrons. The van der Waals surface area contributed by atoms with Crippen LogP contribution in [0.4, 0.5) is 0 Å². The fourth-order valence-corrected chi connectivity index (χ4v) is 2.64. The number of aryl methyl sites for hydroxylation is 3. The van der Waals surface area contributed by atoms with Gasteiger partial charge in [0.15, 0.2) is 0 Å². The SMILES string of the molecule is Cc1cc(C2C=CC=CC2)cc2c1nc(C)n2C. The van der Waals surface area contributed by atoms with E-state index in [-0.39, 0.29) is 0 Å². The Morgan fingerprint density at radius 1 is 1.22 bits per heavy atom. The summed E-state index contributed by atoms with van der Waals surface area (Å²) < 4.78 is 2.17. The molecule has 0 bridgehead atoms. The standard InChI is InChI=1S/C16H18N2/c1-11-9-14(13-7-5-4-6-8-13)10-15-16(11)17-12(2)18(15)3/h4-7,9-10,13H,8H2,1-3H3. The zero-order valence-corrected chi connectivity index (χ0v) is 11.1. The van der Waals surface area contributed by atoms with Crippen molar-refractivity contribution in [3.05, 3.63) is 53.4 Å². The molecule has 3 rings (SSSR count). The molecule has 0 N–H and O–H groups in total. The molecule has 1 aliphatic carbocycles. The molecule has 0 radical (unpaired) electrons. The Balaban J connectivity index is 2.17. The number of hydrogen-bond acceptors (Lipinski definition) is 1. The number of hydrogen-bond donors (Lipinski definition) is 0. The van der Waals surface area contributed by atoms with Crippen molar-refractivity contribution in [2.75, 3.05) is 0 Å². The number of benzene rings is 1. The summed E-state index contributed by atoms with van der Waals surface area (Å²) in [4.78, 5) is 4.63. The van der Waals surface area contributed by atoms with Gasteiger partial charge in [-0.1, -0.05) is 30.4 Å². The van der Waals surface area contributed by atoms with Gasteiger partial charge in [-0.15, -0.1) is 0 Å². The van der Waals surface area contributed by atoms with Crippen molar-refractivity contribution in [1.82, 2.24) is 9.55 Å². The van der Waals surface area contributed by atoms with Crippen molar-refractivity contribution in [1.29, 1.82) is 0 Å². The molecule has 2 heteroatoms. The monoisotopic (exact) mass is 238 g/mol. The van der Waals surface area contributed by atoms with Gasteiger partial charge in [0.1, 0.15) is 5.82 Å². The van der Waals surface area contributed by atoms with Crippen LogP contribution in [0.3, 0.4) is 0 Å². The second kappa shape index (κ2) is 4.13. The summed E-state index contributed by atoms with van der Waals surface area (Å²) in [7, 11) is 2.09. The molecule has 0 spiro atoms. The maximum absolute atomic E-state index is 4.63. The summed E-state index contributed by atoms with van der Waals surface area (Å²) in [6.45, 7) is 4.21. The van der Waals surface area contributed by atoms with E-state index in [4.69, 9.17) is 0 Å². The van der Waals surface area contributed by atoms with Crippen LogP contribution in [0.15, 0.2) is 36.4 Å².